The molecule has 0 aliphatic rings. The van der Waals surface area contributed by atoms with Crippen molar-refractivity contribution < 1.29 is 9.90 Å². The molecule has 0 aromatic heterocycles. The van der Waals surface area contributed by atoms with Gasteiger partial charge in [-0.05, 0) is 55.5 Å². The molecule has 0 bridgehead atoms. The van der Waals surface area contributed by atoms with Crippen LogP contribution in [0.15, 0.2) is 6.07 Å². The molecule has 1 aromatic rings. The van der Waals surface area contributed by atoms with Gasteiger partial charge >= 0.3 is 5.97 Å². The van der Waals surface area contributed by atoms with E-state index in [0.29, 0.717) is 6.54 Å². The summed E-state index contributed by atoms with van der Waals surface area (Å²) in [4.78, 5) is 10.4. The molecule has 0 atom stereocenters. The highest BCUT2D eigenvalue weighted by Gasteiger charge is 2.07. The quantitative estimate of drug-likeness (QED) is 0.771. The maximum absolute atomic E-state index is 10.4. The number of nitrogens with one attached hydrogen (secondary N) is 1. The van der Waals surface area contributed by atoms with E-state index in [9.17, 15) is 4.79 Å². The van der Waals surface area contributed by atoms with Crippen LogP contribution in [0.2, 0.25) is 0 Å². The Balaban J connectivity index is 2.73. The summed E-state index contributed by atoms with van der Waals surface area (Å²) in [6.45, 7) is 9.73. The Morgan fingerprint density at radius 2 is 1.71 bits per heavy atom. The van der Waals surface area contributed by atoms with Crippen molar-refractivity contribution in [3.63, 3.8) is 0 Å². The maximum Gasteiger partial charge on any atom is 0.304 e. The summed E-state index contributed by atoms with van der Waals surface area (Å²) in [6.07, 6.45) is 0.170. The molecule has 94 valence electrons. The second-order valence-electron chi connectivity index (χ2n) is 4.56. The maximum atomic E-state index is 10.4. The summed E-state index contributed by atoms with van der Waals surface area (Å²) >= 11 is 0. The van der Waals surface area contributed by atoms with Crippen LogP contribution < -0.4 is 5.32 Å². The fourth-order valence-electron chi connectivity index (χ4n) is 1.97. The molecule has 0 amide bonds. The third-order valence-corrected chi connectivity index (χ3v) is 3.34. The van der Waals surface area contributed by atoms with E-state index in [4.69, 9.17) is 5.11 Å². The molecular weight excluding hydrogens is 214 g/mol. The van der Waals surface area contributed by atoms with Gasteiger partial charge < -0.3 is 10.4 Å². The molecule has 0 spiro atoms. The molecule has 0 radical (unpaired) electrons. The van der Waals surface area contributed by atoms with Crippen LogP contribution in [0.3, 0.4) is 0 Å². The zero-order chi connectivity index (χ0) is 13.0. The number of benzene rings is 1. The van der Waals surface area contributed by atoms with Crippen LogP contribution >= 0.6 is 0 Å². The lowest BCUT2D eigenvalue weighted by Crippen LogP contribution is -2.19. The normalized spacial score (nSPS) is 10.6. The van der Waals surface area contributed by atoms with Gasteiger partial charge in [0.25, 0.3) is 0 Å². The Morgan fingerprint density at radius 1 is 1.18 bits per heavy atom. The SMILES string of the molecule is Cc1cc(C)c(C)c(CNCCC(=O)O)c1C. The Bertz CT molecular complexity index is 398. The number of hydrogen-bond acceptors (Lipinski definition) is 2. The molecule has 0 unspecified atom stereocenters. The van der Waals surface area contributed by atoms with Crippen molar-refractivity contribution in [3.8, 4) is 0 Å². The summed E-state index contributed by atoms with van der Waals surface area (Å²) in [5, 5.41) is 11.8. The molecule has 0 aliphatic carbocycles. The number of aliphatic carboxylic acids is 1. The summed E-state index contributed by atoms with van der Waals surface area (Å²) in [5.74, 6) is -0.758. The lowest BCUT2D eigenvalue weighted by Gasteiger charge is -2.15. The predicted octanol–water partition coefficient (Wildman–Crippen LogP) is 2.48. The van der Waals surface area contributed by atoms with Gasteiger partial charge in [-0.3, -0.25) is 4.79 Å². The number of carboxylic acid groups (broad SMARTS) is 1. The molecule has 0 heterocycles. The van der Waals surface area contributed by atoms with Crippen LogP contribution in [0.25, 0.3) is 0 Å². The van der Waals surface area contributed by atoms with Crippen molar-refractivity contribution in [3.05, 3.63) is 33.9 Å². The highest BCUT2D eigenvalue weighted by molar-refractivity contribution is 5.66. The first-order valence-corrected chi connectivity index (χ1v) is 5.92. The number of aryl methyl sites for hydroxylation is 2. The fourth-order valence-corrected chi connectivity index (χ4v) is 1.97. The highest BCUT2D eigenvalue weighted by atomic mass is 16.4. The standard InChI is InChI=1S/C14H21NO2/c1-9-7-10(2)12(4)13(11(9)3)8-15-6-5-14(16)17/h7,15H,5-6,8H2,1-4H3,(H,16,17). The Kier molecular flexibility index (Phi) is 4.70. The first-order chi connectivity index (χ1) is 7.93. The Hall–Kier alpha value is -1.35. The van der Waals surface area contributed by atoms with E-state index in [0.717, 1.165) is 6.54 Å². The number of carbonyl (C=O) groups is 1. The van der Waals surface area contributed by atoms with E-state index < -0.39 is 5.97 Å². The van der Waals surface area contributed by atoms with E-state index in [1.807, 2.05) is 0 Å². The van der Waals surface area contributed by atoms with Gasteiger partial charge in [-0.1, -0.05) is 6.07 Å². The average molecular weight is 235 g/mol. The van der Waals surface area contributed by atoms with E-state index in [1.165, 1.54) is 27.8 Å². The molecule has 2 N–H and O–H groups in total. The van der Waals surface area contributed by atoms with Crippen molar-refractivity contribution in [2.24, 2.45) is 0 Å². The van der Waals surface area contributed by atoms with Crippen LogP contribution in [0.5, 0.6) is 0 Å². The molecule has 0 saturated heterocycles. The van der Waals surface area contributed by atoms with Crippen LogP contribution in [0.4, 0.5) is 0 Å². The van der Waals surface area contributed by atoms with Crippen molar-refractivity contribution in [1.82, 2.24) is 5.32 Å². The zero-order valence-corrected chi connectivity index (χ0v) is 11.1. The van der Waals surface area contributed by atoms with Gasteiger partial charge in [-0.25, -0.2) is 0 Å². The largest absolute Gasteiger partial charge is 0.481 e. The van der Waals surface area contributed by atoms with E-state index >= 15 is 0 Å². The Morgan fingerprint density at radius 3 is 2.18 bits per heavy atom. The lowest BCUT2D eigenvalue weighted by molar-refractivity contribution is -0.136. The topological polar surface area (TPSA) is 49.3 Å². The molecule has 3 heteroatoms. The van der Waals surface area contributed by atoms with Gasteiger partial charge in [0, 0.05) is 13.1 Å². The molecule has 0 fully saturated rings. The van der Waals surface area contributed by atoms with Gasteiger partial charge in [0.05, 0.1) is 6.42 Å². The molecule has 0 saturated carbocycles. The molecule has 17 heavy (non-hydrogen) atoms. The second kappa shape index (κ2) is 5.82. The van der Waals surface area contributed by atoms with Crippen molar-refractivity contribution >= 4 is 5.97 Å². The first-order valence-electron chi connectivity index (χ1n) is 5.92. The zero-order valence-electron chi connectivity index (χ0n) is 11.1. The fraction of sp³-hybridized carbons (Fsp3) is 0.500. The van der Waals surface area contributed by atoms with Gasteiger partial charge in [0.15, 0.2) is 0 Å². The number of carboxylic acids is 1. The minimum Gasteiger partial charge on any atom is -0.481 e. The smallest absolute Gasteiger partial charge is 0.304 e. The molecule has 3 nitrogen and oxygen atoms in total. The van der Waals surface area contributed by atoms with E-state index in [1.54, 1.807) is 0 Å². The van der Waals surface area contributed by atoms with Gasteiger partial charge in [0.1, 0.15) is 0 Å². The molecular formula is C14H21NO2. The third kappa shape index (κ3) is 3.56. The summed E-state index contributed by atoms with van der Waals surface area (Å²) in [7, 11) is 0. The van der Waals surface area contributed by atoms with Crippen LogP contribution in [-0.4, -0.2) is 17.6 Å². The predicted molar refractivity (Wildman–Crippen MR) is 69.3 cm³/mol. The average Bonchev–Trinajstić information content (AvgIpc) is 2.25. The van der Waals surface area contributed by atoms with E-state index in [-0.39, 0.29) is 6.42 Å². The van der Waals surface area contributed by atoms with Gasteiger partial charge in [0.2, 0.25) is 0 Å². The monoisotopic (exact) mass is 235 g/mol. The molecule has 0 aliphatic heterocycles. The summed E-state index contributed by atoms with van der Waals surface area (Å²) in [6, 6.07) is 2.20. The van der Waals surface area contributed by atoms with Gasteiger partial charge in [-0.2, -0.15) is 0 Å². The van der Waals surface area contributed by atoms with Crippen molar-refractivity contribution in [2.45, 2.75) is 40.7 Å². The second-order valence-corrected chi connectivity index (χ2v) is 4.56. The molecule has 1 rings (SSSR count). The van der Waals surface area contributed by atoms with Crippen LogP contribution in [-0.2, 0) is 11.3 Å². The lowest BCUT2D eigenvalue weighted by atomic mass is 9.94. The third-order valence-electron chi connectivity index (χ3n) is 3.34. The minimum absolute atomic E-state index is 0.170. The summed E-state index contributed by atoms with van der Waals surface area (Å²) in [5.41, 5.74) is 6.49. The highest BCUT2D eigenvalue weighted by Crippen LogP contribution is 2.21. The minimum atomic E-state index is -0.758. The Labute approximate surface area is 103 Å². The molecule has 1 aromatic carbocycles. The summed E-state index contributed by atoms with van der Waals surface area (Å²) < 4.78 is 0. The van der Waals surface area contributed by atoms with Crippen LogP contribution in [0, 0.1) is 27.7 Å². The van der Waals surface area contributed by atoms with Gasteiger partial charge in [-0.15, -0.1) is 0 Å². The number of hydrogen-bond donors (Lipinski definition) is 2. The number of rotatable bonds is 5. The van der Waals surface area contributed by atoms with Crippen molar-refractivity contribution in [1.29, 1.82) is 0 Å². The van der Waals surface area contributed by atoms with Crippen molar-refractivity contribution in [2.75, 3.05) is 6.54 Å². The van der Waals surface area contributed by atoms with Crippen LogP contribution in [0.1, 0.15) is 34.2 Å². The first kappa shape index (κ1) is 13.7. The van der Waals surface area contributed by atoms with E-state index in [2.05, 4.69) is 39.1 Å².